The molecular weight excluding hydrogens is 380 g/mol. The topological polar surface area (TPSA) is 26.3 Å². The monoisotopic (exact) mass is 426 g/mol. The van der Waals surface area contributed by atoms with Crippen molar-refractivity contribution in [1.82, 2.24) is 0 Å². The van der Waals surface area contributed by atoms with Crippen molar-refractivity contribution in [2.75, 3.05) is 0 Å². The Bertz CT molecular complexity index is 733. The number of carbonyl (C=O) groups is 1. The van der Waals surface area contributed by atoms with Crippen LogP contribution < -0.4 is 0 Å². The van der Waals surface area contributed by atoms with Gasteiger partial charge in [0.15, 0.2) is 0 Å². The molecule has 0 aromatic carbocycles. The summed E-state index contributed by atoms with van der Waals surface area (Å²) in [7, 11) is 0. The lowest BCUT2D eigenvalue weighted by atomic mass is 9.48. The maximum atomic E-state index is 11.4. The molecule has 4 aliphatic rings. The van der Waals surface area contributed by atoms with Gasteiger partial charge in [0.25, 0.3) is 0 Å². The number of fused-ring (bicyclic) bond motifs is 5. The molecule has 2 nitrogen and oxygen atoms in total. The first-order valence-corrected chi connectivity index (χ1v) is 13.2. The minimum Gasteiger partial charge on any atom is -0.458 e. The second-order valence-corrected chi connectivity index (χ2v) is 12.4. The van der Waals surface area contributed by atoms with E-state index in [1.165, 1.54) is 63.9 Å². The van der Waals surface area contributed by atoms with E-state index in [2.05, 4.69) is 52.8 Å². The van der Waals surface area contributed by atoms with Crippen LogP contribution in [-0.2, 0) is 9.53 Å². The zero-order valence-corrected chi connectivity index (χ0v) is 21.0. The van der Waals surface area contributed by atoms with E-state index >= 15 is 0 Å². The van der Waals surface area contributed by atoms with Crippen LogP contribution in [0.15, 0.2) is 23.8 Å². The number of hydrogen-bond donors (Lipinski definition) is 0. The van der Waals surface area contributed by atoms with Crippen molar-refractivity contribution in [3.05, 3.63) is 23.8 Å². The zero-order chi connectivity index (χ0) is 22.4. The molecule has 0 spiro atoms. The summed E-state index contributed by atoms with van der Waals surface area (Å²) in [5.41, 5.74) is 2.24. The van der Waals surface area contributed by atoms with Gasteiger partial charge in [-0.25, -0.2) is 0 Å². The Labute approximate surface area is 191 Å². The molecular formula is C29H46O2. The molecule has 31 heavy (non-hydrogen) atoms. The molecule has 0 saturated heterocycles. The first-order valence-electron chi connectivity index (χ1n) is 13.2. The van der Waals surface area contributed by atoms with Gasteiger partial charge >= 0.3 is 5.97 Å². The van der Waals surface area contributed by atoms with Crippen LogP contribution in [0.5, 0.6) is 0 Å². The first-order chi connectivity index (χ1) is 14.6. The number of esters is 1. The molecule has 2 saturated carbocycles. The van der Waals surface area contributed by atoms with E-state index in [1.807, 2.05) is 0 Å². The molecule has 0 radical (unpaired) electrons. The largest absolute Gasteiger partial charge is 0.458 e. The van der Waals surface area contributed by atoms with E-state index < -0.39 is 0 Å². The minimum absolute atomic E-state index is 0.0650. The number of rotatable bonds is 6. The van der Waals surface area contributed by atoms with E-state index in [0.29, 0.717) is 5.41 Å². The maximum Gasteiger partial charge on any atom is 0.303 e. The Morgan fingerprint density at radius 1 is 1.13 bits per heavy atom. The van der Waals surface area contributed by atoms with E-state index in [-0.39, 0.29) is 17.5 Å². The second kappa shape index (κ2) is 8.71. The molecule has 8 atom stereocenters. The Morgan fingerprint density at radius 2 is 1.90 bits per heavy atom. The van der Waals surface area contributed by atoms with Gasteiger partial charge in [-0.15, -0.1) is 0 Å². The Hall–Kier alpha value is -1.05. The second-order valence-electron chi connectivity index (χ2n) is 12.4. The molecule has 0 amide bonds. The molecule has 0 aromatic rings. The van der Waals surface area contributed by atoms with E-state index in [4.69, 9.17) is 4.74 Å². The van der Waals surface area contributed by atoms with E-state index in [9.17, 15) is 4.79 Å². The van der Waals surface area contributed by atoms with Crippen molar-refractivity contribution >= 4 is 5.97 Å². The summed E-state index contributed by atoms with van der Waals surface area (Å²) in [4.78, 5) is 11.4. The average molecular weight is 427 g/mol. The van der Waals surface area contributed by atoms with Crippen LogP contribution in [0.1, 0.15) is 99.3 Å². The fraction of sp³-hybridized carbons (Fsp3) is 0.828. The third kappa shape index (κ3) is 4.18. The van der Waals surface area contributed by atoms with Crippen LogP contribution in [0.3, 0.4) is 0 Å². The number of ether oxygens (including phenoxy) is 1. The lowest BCUT2D eigenvalue weighted by Crippen LogP contribution is -2.49. The number of carbonyl (C=O) groups excluding carboxylic acids is 1. The molecule has 174 valence electrons. The van der Waals surface area contributed by atoms with Gasteiger partial charge < -0.3 is 4.74 Å². The quantitative estimate of drug-likeness (QED) is 0.321. The molecule has 4 aliphatic carbocycles. The fourth-order valence-corrected chi connectivity index (χ4v) is 8.54. The zero-order valence-electron chi connectivity index (χ0n) is 21.0. The maximum absolute atomic E-state index is 11.4. The third-order valence-electron chi connectivity index (χ3n) is 10.1. The highest BCUT2D eigenvalue weighted by Gasteiger charge is 2.58. The van der Waals surface area contributed by atoms with Crippen LogP contribution in [0, 0.1) is 46.3 Å². The highest BCUT2D eigenvalue weighted by Crippen LogP contribution is 2.66. The molecule has 0 unspecified atom stereocenters. The van der Waals surface area contributed by atoms with Gasteiger partial charge in [-0.2, -0.15) is 0 Å². The van der Waals surface area contributed by atoms with Crippen LogP contribution in [0.4, 0.5) is 0 Å². The summed E-state index contributed by atoms with van der Waals surface area (Å²) < 4.78 is 5.53. The standard InChI is InChI=1S/C29H46O2/c1-19(2)8-7-9-20(3)25-12-13-26-24-11-10-22-18-23(31-21(4)30)14-16-28(22,5)27(24)15-17-29(25,26)6/h10,14,16,19-20,23-27H,7-9,11-13,15,17-18H2,1-6H3/t20-,23+,24+,25-,26+,27+,28+,29-/m1/s1. The Kier molecular flexibility index (Phi) is 6.50. The predicted octanol–water partition coefficient (Wildman–Crippen LogP) is 7.74. The smallest absolute Gasteiger partial charge is 0.303 e. The summed E-state index contributed by atoms with van der Waals surface area (Å²) in [5.74, 6) is 4.93. The lowest BCUT2D eigenvalue weighted by Gasteiger charge is -2.57. The summed E-state index contributed by atoms with van der Waals surface area (Å²) >= 11 is 0. The average Bonchev–Trinajstić information content (AvgIpc) is 3.05. The summed E-state index contributed by atoms with van der Waals surface area (Å²) in [6.07, 6.45) is 19.1. The van der Waals surface area contributed by atoms with Crippen molar-refractivity contribution in [3.63, 3.8) is 0 Å². The molecule has 0 aliphatic heterocycles. The molecule has 2 fully saturated rings. The molecule has 0 aromatic heterocycles. The highest BCUT2D eigenvalue weighted by molar-refractivity contribution is 5.66. The van der Waals surface area contributed by atoms with Crippen LogP contribution in [0.2, 0.25) is 0 Å². The molecule has 2 heteroatoms. The molecule has 4 rings (SSSR count). The normalized spacial score (nSPS) is 42.4. The van der Waals surface area contributed by atoms with Crippen molar-refractivity contribution < 1.29 is 9.53 Å². The van der Waals surface area contributed by atoms with Crippen molar-refractivity contribution in [3.8, 4) is 0 Å². The van der Waals surface area contributed by atoms with Gasteiger partial charge in [-0.05, 0) is 79.1 Å². The summed E-state index contributed by atoms with van der Waals surface area (Å²) in [6, 6.07) is 0. The highest BCUT2D eigenvalue weighted by atomic mass is 16.5. The number of allylic oxidation sites excluding steroid dienone is 2. The van der Waals surface area contributed by atoms with Crippen LogP contribution >= 0.6 is 0 Å². The number of hydrogen-bond acceptors (Lipinski definition) is 2. The van der Waals surface area contributed by atoms with Crippen LogP contribution in [-0.4, -0.2) is 12.1 Å². The van der Waals surface area contributed by atoms with Crippen molar-refractivity contribution in [2.24, 2.45) is 46.3 Å². The van der Waals surface area contributed by atoms with Gasteiger partial charge in [-0.3, -0.25) is 4.79 Å². The van der Waals surface area contributed by atoms with Gasteiger partial charge in [0.2, 0.25) is 0 Å². The van der Waals surface area contributed by atoms with Crippen molar-refractivity contribution in [1.29, 1.82) is 0 Å². The molecule has 0 bridgehead atoms. The van der Waals surface area contributed by atoms with Crippen LogP contribution in [0.25, 0.3) is 0 Å². The van der Waals surface area contributed by atoms with E-state index in [0.717, 1.165) is 41.9 Å². The fourth-order valence-electron chi connectivity index (χ4n) is 8.54. The Balaban J connectivity index is 1.48. The van der Waals surface area contributed by atoms with E-state index in [1.54, 1.807) is 0 Å². The summed E-state index contributed by atoms with van der Waals surface area (Å²) in [6.45, 7) is 13.9. The Morgan fingerprint density at radius 3 is 2.61 bits per heavy atom. The van der Waals surface area contributed by atoms with Gasteiger partial charge in [0.05, 0.1) is 0 Å². The van der Waals surface area contributed by atoms with Crippen molar-refractivity contribution in [2.45, 2.75) is 105 Å². The predicted molar refractivity (Wildman–Crippen MR) is 129 cm³/mol. The third-order valence-corrected chi connectivity index (χ3v) is 10.1. The molecule has 0 heterocycles. The van der Waals surface area contributed by atoms with Gasteiger partial charge in [0, 0.05) is 18.8 Å². The van der Waals surface area contributed by atoms with Gasteiger partial charge in [-0.1, -0.05) is 71.6 Å². The SMILES string of the molecule is CC(=O)O[C@H]1C=C[C@@]2(C)C(=CC[C@H]3[C@@H]4CC[C@H]([C@H](C)CCCC(C)C)[C@@]4(C)CC[C@@H]32)C1. The molecule has 0 N–H and O–H groups in total. The van der Waals surface area contributed by atoms with Gasteiger partial charge in [0.1, 0.15) is 6.10 Å². The summed E-state index contributed by atoms with van der Waals surface area (Å²) in [5, 5.41) is 0. The lowest BCUT2D eigenvalue weighted by molar-refractivity contribution is -0.144. The minimum atomic E-state index is -0.166. The first kappa shape index (κ1) is 23.1.